The van der Waals surface area contributed by atoms with E-state index >= 15 is 0 Å². The lowest BCUT2D eigenvalue weighted by Crippen LogP contribution is -2.49. The third kappa shape index (κ3) is 3.65. The molecule has 0 saturated carbocycles. The summed E-state index contributed by atoms with van der Waals surface area (Å²) < 4.78 is 16.2. The summed E-state index contributed by atoms with van der Waals surface area (Å²) in [6, 6.07) is 14.0. The Morgan fingerprint density at radius 2 is 1.83 bits per heavy atom. The summed E-state index contributed by atoms with van der Waals surface area (Å²) in [5, 5.41) is 3.66. The van der Waals surface area contributed by atoms with Crippen LogP contribution in [0.1, 0.15) is 34.7 Å². The van der Waals surface area contributed by atoms with E-state index in [2.05, 4.69) is 17.4 Å². The topological polar surface area (TPSA) is 60.0 Å². The van der Waals surface area contributed by atoms with Gasteiger partial charge < -0.3 is 24.4 Å². The Hall–Kier alpha value is -2.73. The van der Waals surface area contributed by atoms with Crippen LogP contribution in [0, 0.1) is 0 Å². The third-order valence-corrected chi connectivity index (χ3v) is 6.12. The molecule has 1 amide bonds. The average Bonchev–Trinajstić information content (AvgIpc) is 3.18. The van der Waals surface area contributed by atoms with E-state index in [1.54, 1.807) is 33.5 Å². The van der Waals surface area contributed by atoms with Crippen LogP contribution in [-0.4, -0.2) is 57.3 Å². The molecule has 154 valence electrons. The van der Waals surface area contributed by atoms with Gasteiger partial charge in [0.05, 0.1) is 26.9 Å². The molecule has 2 heterocycles. The number of likely N-dealkylation sites (tertiary alicyclic amines) is 1. The monoisotopic (exact) mass is 396 g/mol. The van der Waals surface area contributed by atoms with Gasteiger partial charge in [-0.1, -0.05) is 12.1 Å². The average molecular weight is 396 g/mol. The van der Waals surface area contributed by atoms with Gasteiger partial charge in [0.1, 0.15) is 17.2 Å². The van der Waals surface area contributed by atoms with Crippen molar-refractivity contribution in [2.75, 3.05) is 34.4 Å². The van der Waals surface area contributed by atoms with Crippen LogP contribution in [0.15, 0.2) is 42.5 Å². The molecule has 2 fully saturated rings. The molecule has 0 aromatic heterocycles. The molecule has 0 spiro atoms. The number of piperidine rings is 1. The van der Waals surface area contributed by atoms with E-state index in [0.29, 0.717) is 23.6 Å². The summed E-state index contributed by atoms with van der Waals surface area (Å²) in [5.74, 6) is 2.29. The first-order chi connectivity index (χ1) is 14.2. The van der Waals surface area contributed by atoms with Crippen molar-refractivity contribution >= 4 is 5.91 Å². The maximum absolute atomic E-state index is 13.5. The highest BCUT2D eigenvalue weighted by atomic mass is 16.5. The lowest BCUT2D eigenvalue weighted by Gasteiger charge is -2.33. The Bertz CT molecular complexity index is 885. The Balaban J connectivity index is 1.66. The van der Waals surface area contributed by atoms with Gasteiger partial charge in [-0.2, -0.15) is 0 Å². The molecule has 2 aromatic carbocycles. The van der Waals surface area contributed by atoms with Crippen LogP contribution in [0.4, 0.5) is 0 Å². The van der Waals surface area contributed by atoms with Crippen LogP contribution in [-0.2, 0) is 0 Å². The number of benzene rings is 2. The second kappa shape index (κ2) is 8.33. The van der Waals surface area contributed by atoms with Crippen LogP contribution < -0.4 is 19.5 Å². The molecular weight excluding hydrogens is 368 g/mol. The smallest absolute Gasteiger partial charge is 0.257 e. The van der Waals surface area contributed by atoms with Gasteiger partial charge in [0.2, 0.25) is 0 Å². The fraction of sp³-hybridized carbons (Fsp3) is 0.435. The van der Waals surface area contributed by atoms with Gasteiger partial charge in [-0.15, -0.1) is 0 Å². The van der Waals surface area contributed by atoms with E-state index < -0.39 is 0 Å². The SMILES string of the molecule is COc1cccc([C@H]2CN(C(=O)c3ccc(OC)cc3OC)[C@@H]3CCCN[C@H]23)c1. The zero-order chi connectivity index (χ0) is 20.4. The first-order valence-corrected chi connectivity index (χ1v) is 10.1. The van der Waals surface area contributed by atoms with E-state index in [1.807, 2.05) is 23.1 Å². The van der Waals surface area contributed by atoms with Crippen LogP contribution in [0.25, 0.3) is 0 Å². The van der Waals surface area contributed by atoms with E-state index in [4.69, 9.17) is 14.2 Å². The van der Waals surface area contributed by atoms with E-state index in [0.717, 1.165) is 25.1 Å². The minimum absolute atomic E-state index is 0.00796. The number of methoxy groups -OCH3 is 3. The summed E-state index contributed by atoms with van der Waals surface area (Å²) in [5.41, 5.74) is 1.77. The summed E-state index contributed by atoms with van der Waals surface area (Å²) >= 11 is 0. The van der Waals surface area contributed by atoms with E-state index in [9.17, 15) is 4.79 Å². The molecule has 6 nitrogen and oxygen atoms in total. The number of nitrogens with zero attached hydrogens (tertiary/aromatic N) is 1. The van der Waals surface area contributed by atoms with Crippen molar-refractivity contribution < 1.29 is 19.0 Å². The predicted molar refractivity (Wildman–Crippen MR) is 111 cm³/mol. The quantitative estimate of drug-likeness (QED) is 0.842. The molecule has 6 heteroatoms. The third-order valence-electron chi connectivity index (χ3n) is 6.12. The first kappa shape index (κ1) is 19.6. The number of carbonyl (C=O) groups is 1. The summed E-state index contributed by atoms with van der Waals surface area (Å²) in [7, 11) is 4.87. The zero-order valence-electron chi connectivity index (χ0n) is 17.2. The first-order valence-electron chi connectivity index (χ1n) is 10.1. The molecule has 2 saturated heterocycles. The summed E-state index contributed by atoms with van der Waals surface area (Å²) in [4.78, 5) is 15.6. The Morgan fingerprint density at radius 3 is 2.59 bits per heavy atom. The van der Waals surface area contributed by atoms with Crippen LogP contribution in [0.3, 0.4) is 0 Å². The molecule has 2 aromatic rings. The fourth-order valence-electron chi connectivity index (χ4n) is 4.66. The van der Waals surface area contributed by atoms with Crippen LogP contribution in [0.5, 0.6) is 17.2 Å². The van der Waals surface area contributed by atoms with Gasteiger partial charge in [-0.3, -0.25) is 4.79 Å². The number of amides is 1. The van der Waals surface area contributed by atoms with Crippen molar-refractivity contribution in [1.82, 2.24) is 10.2 Å². The van der Waals surface area contributed by atoms with Gasteiger partial charge in [0, 0.05) is 30.6 Å². The number of carbonyl (C=O) groups excluding carboxylic acids is 1. The number of ether oxygens (including phenoxy) is 3. The molecule has 2 aliphatic heterocycles. The Labute approximate surface area is 171 Å². The van der Waals surface area contributed by atoms with E-state index in [-0.39, 0.29) is 23.9 Å². The van der Waals surface area contributed by atoms with Crippen molar-refractivity contribution in [2.45, 2.75) is 30.8 Å². The van der Waals surface area contributed by atoms with E-state index in [1.165, 1.54) is 5.56 Å². The molecule has 1 N–H and O–H groups in total. The zero-order valence-corrected chi connectivity index (χ0v) is 17.2. The maximum Gasteiger partial charge on any atom is 0.257 e. The summed E-state index contributed by atoms with van der Waals surface area (Å²) in [6.45, 7) is 1.65. The highest BCUT2D eigenvalue weighted by molar-refractivity contribution is 5.97. The van der Waals surface area contributed by atoms with Crippen molar-refractivity contribution in [1.29, 1.82) is 0 Å². The molecule has 0 unspecified atom stereocenters. The lowest BCUT2D eigenvalue weighted by molar-refractivity contribution is 0.0702. The van der Waals surface area contributed by atoms with Crippen molar-refractivity contribution in [3.8, 4) is 17.2 Å². The molecule has 29 heavy (non-hydrogen) atoms. The standard InChI is InChI=1S/C23H28N2O4/c1-27-16-7-4-6-15(12-16)19-14-25(20-8-5-11-24-22(19)20)23(26)18-10-9-17(28-2)13-21(18)29-3/h4,6-7,9-10,12-13,19-20,22,24H,5,8,11,14H2,1-3H3/t19-,20-,22-/m1/s1. The summed E-state index contributed by atoms with van der Waals surface area (Å²) in [6.07, 6.45) is 2.07. The fourth-order valence-corrected chi connectivity index (χ4v) is 4.66. The number of nitrogens with one attached hydrogen (secondary N) is 1. The second-order valence-corrected chi connectivity index (χ2v) is 7.60. The van der Waals surface area contributed by atoms with Gasteiger partial charge in [-0.05, 0) is 49.2 Å². The highest BCUT2D eigenvalue weighted by Gasteiger charge is 2.46. The number of rotatable bonds is 5. The normalized spacial score (nSPS) is 23.4. The molecule has 0 radical (unpaired) electrons. The molecule has 3 atom stereocenters. The van der Waals surface area contributed by atoms with Crippen molar-refractivity contribution in [2.24, 2.45) is 0 Å². The molecular formula is C23H28N2O4. The predicted octanol–water partition coefficient (Wildman–Crippen LogP) is 3.07. The Kier molecular flexibility index (Phi) is 5.62. The van der Waals surface area contributed by atoms with Crippen molar-refractivity contribution in [3.05, 3.63) is 53.6 Å². The largest absolute Gasteiger partial charge is 0.497 e. The molecule has 0 bridgehead atoms. The minimum atomic E-state index is 0.00796. The second-order valence-electron chi connectivity index (χ2n) is 7.60. The minimum Gasteiger partial charge on any atom is -0.497 e. The van der Waals surface area contributed by atoms with Gasteiger partial charge >= 0.3 is 0 Å². The Morgan fingerprint density at radius 1 is 1.03 bits per heavy atom. The highest BCUT2D eigenvalue weighted by Crippen LogP contribution is 2.39. The van der Waals surface area contributed by atoms with Crippen LogP contribution >= 0.6 is 0 Å². The number of hydrogen-bond donors (Lipinski definition) is 1. The number of hydrogen-bond acceptors (Lipinski definition) is 5. The molecule has 4 rings (SSSR count). The van der Waals surface area contributed by atoms with Gasteiger partial charge in [-0.25, -0.2) is 0 Å². The van der Waals surface area contributed by atoms with Gasteiger partial charge in [0.15, 0.2) is 0 Å². The van der Waals surface area contributed by atoms with Crippen LogP contribution in [0.2, 0.25) is 0 Å². The number of fused-ring (bicyclic) bond motifs is 1. The lowest BCUT2D eigenvalue weighted by atomic mass is 9.87. The van der Waals surface area contributed by atoms with Crippen molar-refractivity contribution in [3.63, 3.8) is 0 Å². The molecule has 0 aliphatic carbocycles. The van der Waals surface area contributed by atoms with Gasteiger partial charge in [0.25, 0.3) is 5.91 Å². The maximum atomic E-state index is 13.5. The molecule has 2 aliphatic rings.